The van der Waals surface area contributed by atoms with Gasteiger partial charge in [-0.1, -0.05) is 12.1 Å². The highest BCUT2D eigenvalue weighted by Crippen LogP contribution is 2.40. The molecule has 0 radical (unpaired) electrons. The third-order valence-electron chi connectivity index (χ3n) is 4.81. The molecule has 1 saturated carbocycles. The average Bonchev–Trinajstić information content (AvgIpc) is 2.60. The summed E-state index contributed by atoms with van der Waals surface area (Å²) in [7, 11) is 0. The van der Waals surface area contributed by atoms with E-state index in [0.717, 1.165) is 5.56 Å². The van der Waals surface area contributed by atoms with E-state index in [1.54, 1.807) is 24.3 Å². The van der Waals surface area contributed by atoms with Crippen LogP contribution >= 0.6 is 0 Å². The fourth-order valence-electron chi connectivity index (χ4n) is 3.27. The molecule has 0 atom stereocenters. The van der Waals surface area contributed by atoms with Gasteiger partial charge in [-0.25, -0.2) is 4.79 Å². The lowest BCUT2D eigenvalue weighted by Crippen LogP contribution is -2.31. The molecule has 2 N–H and O–H groups in total. The van der Waals surface area contributed by atoms with Crippen LogP contribution < -0.4 is 10.1 Å². The third-order valence-corrected chi connectivity index (χ3v) is 4.81. The van der Waals surface area contributed by atoms with E-state index in [2.05, 4.69) is 5.32 Å². The fraction of sp³-hybridized carbons (Fsp3) is 0.579. The van der Waals surface area contributed by atoms with Crippen molar-refractivity contribution in [2.24, 2.45) is 11.8 Å². The van der Waals surface area contributed by atoms with Crippen LogP contribution in [0, 0.1) is 11.8 Å². The van der Waals surface area contributed by atoms with Crippen molar-refractivity contribution in [1.29, 1.82) is 0 Å². The van der Waals surface area contributed by atoms with Crippen LogP contribution in [0.25, 0.3) is 0 Å². The highest BCUT2D eigenvalue weighted by molar-refractivity contribution is 5.76. The zero-order valence-corrected chi connectivity index (χ0v) is 14.9. The van der Waals surface area contributed by atoms with E-state index in [1.807, 2.05) is 0 Å². The van der Waals surface area contributed by atoms with Crippen LogP contribution in [0.3, 0.4) is 0 Å². The second-order valence-corrected chi connectivity index (χ2v) is 6.89. The number of ether oxygens (including phenoxy) is 1. The Balaban J connectivity index is 1.64. The van der Waals surface area contributed by atoms with Crippen LogP contribution in [-0.4, -0.2) is 36.3 Å². The number of carbonyl (C=O) groups excluding carboxylic acids is 1. The number of benzene rings is 1. The van der Waals surface area contributed by atoms with Crippen LogP contribution in [0.5, 0.6) is 5.75 Å². The number of hydrogen-bond donors (Lipinski definition) is 2. The van der Waals surface area contributed by atoms with Gasteiger partial charge in [0.1, 0.15) is 5.75 Å². The minimum absolute atomic E-state index is 0.0225. The first-order valence-electron chi connectivity index (χ1n) is 9.01. The van der Waals surface area contributed by atoms with Crippen molar-refractivity contribution in [3.63, 3.8) is 0 Å². The van der Waals surface area contributed by atoms with Crippen molar-refractivity contribution in [2.75, 3.05) is 13.2 Å². The van der Waals surface area contributed by atoms with E-state index in [9.17, 15) is 22.8 Å². The Morgan fingerprint density at radius 3 is 2.30 bits per heavy atom. The number of rotatable bonds is 8. The van der Waals surface area contributed by atoms with Crippen LogP contribution in [0.4, 0.5) is 13.2 Å². The zero-order chi connectivity index (χ0) is 19.9. The van der Waals surface area contributed by atoms with Crippen molar-refractivity contribution in [2.45, 2.75) is 44.7 Å². The Hall–Kier alpha value is -2.25. The third kappa shape index (κ3) is 7.48. The fourth-order valence-corrected chi connectivity index (χ4v) is 3.27. The molecule has 1 fully saturated rings. The van der Waals surface area contributed by atoms with Gasteiger partial charge in [0.25, 0.3) is 0 Å². The van der Waals surface area contributed by atoms with Gasteiger partial charge in [0, 0.05) is 13.0 Å². The molecule has 0 saturated heterocycles. The molecule has 1 amide bonds. The molecular formula is C19H24F3NO4. The van der Waals surface area contributed by atoms with E-state index in [1.165, 1.54) is 0 Å². The first-order chi connectivity index (χ1) is 12.7. The lowest BCUT2D eigenvalue weighted by Gasteiger charge is -2.29. The van der Waals surface area contributed by atoms with Crippen LogP contribution in [0.15, 0.2) is 24.3 Å². The lowest BCUT2D eigenvalue weighted by molar-refractivity contribution is -0.184. The van der Waals surface area contributed by atoms with E-state index in [0.29, 0.717) is 31.6 Å². The van der Waals surface area contributed by atoms with Gasteiger partial charge in [0.15, 0.2) is 6.61 Å². The van der Waals surface area contributed by atoms with E-state index < -0.39 is 24.7 Å². The summed E-state index contributed by atoms with van der Waals surface area (Å²) in [4.78, 5) is 22.4. The maximum absolute atomic E-state index is 12.6. The molecule has 1 aromatic carbocycles. The Bertz CT molecular complexity index is 623. The summed E-state index contributed by atoms with van der Waals surface area (Å²) in [5, 5.41) is 11.4. The van der Waals surface area contributed by atoms with Gasteiger partial charge < -0.3 is 15.2 Å². The van der Waals surface area contributed by atoms with E-state index in [4.69, 9.17) is 9.84 Å². The molecule has 8 heteroatoms. The molecule has 0 heterocycles. The van der Waals surface area contributed by atoms with Crippen molar-refractivity contribution in [1.82, 2.24) is 5.32 Å². The standard InChI is InChI=1S/C19H24F3NO4/c20-19(21,22)15-5-1-14(2-6-15)11-17(24)23-10-9-13-3-7-16(8-4-13)27-12-18(25)26/h3-4,7-8,14-15H,1-2,5-6,9-12H2,(H,23,24)(H,25,26). The summed E-state index contributed by atoms with van der Waals surface area (Å²) in [5.41, 5.74) is 0.962. The molecular weight excluding hydrogens is 363 g/mol. The van der Waals surface area contributed by atoms with Crippen molar-refractivity contribution >= 4 is 11.9 Å². The van der Waals surface area contributed by atoms with Gasteiger partial charge in [-0.3, -0.25) is 4.79 Å². The second-order valence-electron chi connectivity index (χ2n) is 6.89. The second kappa shape index (κ2) is 9.62. The summed E-state index contributed by atoms with van der Waals surface area (Å²) in [6.45, 7) is 0.0341. The first kappa shape index (κ1) is 21.1. The summed E-state index contributed by atoms with van der Waals surface area (Å²) >= 11 is 0. The molecule has 0 aromatic heterocycles. The van der Waals surface area contributed by atoms with Gasteiger partial charge in [-0.2, -0.15) is 13.2 Å². The van der Waals surface area contributed by atoms with Crippen molar-refractivity contribution in [3.8, 4) is 5.75 Å². The predicted octanol–water partition coefficient (Wildman–Crippen LogP) is 3.57. The van der Waals surface area contributed by atoms with E-state index in [-0.39, 0.29) is 31.1 Å². The topological polar surface area (TPSA) is 75.6 Å². The molecule has 0 aliphatic heterocycles. The Morgan fingerprint density at radius 2 is 1.74 bits per heavy atom. The number of amides is 1. The average molecular weight is 387 g/mol. The highest BCUT2D eigenvalue weighted by Gasteiger charge is 2.41. The normalized spacial score (nSPS) is 20.1. The molecule has 150 valence electrons. The van der Waals surface area contributed by atoms with Crippen LogP contribution in [0.2, 0.25) is 0 Å². The minimum atomic E-state index is -4.12. The maximum Gasteiger partial charge on any atom is 0.391 e. The molecule has 0 bridgehead atoms. The summed E-state index contributed by atoms with van der Waals surface area (Å²) in [6, 6.07) is 6.92. The quantitative estimate of drug-likeness (QED) is 0.715. The summed E-state index contributed by atoms with van der Waals surface area (Å²) < 4.78 is 43.0. The predicted molar refractivity (Wildman–Crippen MR) is 92.4 cm³/mol. The lowest BCUT2D eigenvalue weighted by atomic mass is 9.80. The smallest absolute Gasteiger partial charge is 0.391 e. The van der Waals surface area contributed by atoms with Gasteiger partial charge in [-0.15, -0.1) is 0 Å². The molecule has 5 nitrogen and oxygen atoms in total. The Morgan fingerprint density at radius 1 is 1.11 bits per heavy atom. The SMILES string of the molecule is O=C(O)COc1ccc(CCNC(=O)CC2CCC(C(F)(F)F)CC2)cc1. The number of halogens is 3. The van der Waals surface area contributed by atoms with Crippen LogP contribution in [-0.2, 0) is 16.0 Å². The van der Waals surface area contributed by atoms with Gasteiger partial charge in [-0.05, 0) is 55.7 Å². The molecule has 1 aromatic rings. The zero-order valence-electron chi connectivity index (χ0n) is 14.9. The van der Waals surface area contributed by atoms with E-state index >= 15 is 0 Å². The van der Waals surface area contributed by atoms with Crippen molar-refractivity contribution < 1.29 is 32.6 Å². The molecule has 1 aliphatic carbocycles. The van der Waals surface area contributed by atoms with Crippen LogP contribution in [0.1, 0.15) is 37.7 Å². The molecule has 2 rings (SSSR count). The highest BCUT2D eigenvalue weighted by atomic mass is 19.4. The number of nitrogens with one attached hydrogen (secondary N) is 1. The Kier molecular flexibility index (Phi) is 7.50. The van der Waals surface area contributed by atoms with Gasteiger partial charge >= 0.3 is 12.1 Å². The maximum atomic E-state index is 12.6. The monoisotopic (exact) mass is 387 g/mol. The number of carboxylic acids is 1. The summed E-state index contributed by atoms with van der Waals surface area (Å²) in [5.74, 6) is -1.92. The number of carboxylic acid groups (broad SMARTS) is 1. The number of carbonyl (C=O) groups is 2. The molecule has 0 spiro atoms. The number of alkyl halides is 3. The summed E-state index contributed by atoms with van der Waals surface area (Å²) in [6.07, 6.45) is -2.15. The molecule has 1 aliphatic rings. The number of hydrogen-bond acceptors (Lipinski definition) is 3. The molecule has 0 unspecified atom stereocenters. The Labute approximate surface area is 155 Å². The number of aliphatic carboxylic acids is 1. The van der Waals surface area contributed by atoms with Gasteiger partial charge in [0.2, 0.25) is 5.91 Å². The van der Waals surface area contributed by atoms with Gasteiger partial charge in [0.05, 0.1) is 5.92 Å². The van der Waals surface area contributed by atoms with Crippen molar-refractivity contribution in [3.05, 3.63) is 29.8 Å². The molecule has 27 heavy (non-hydrogen) atoms. The minimum Gasteiger partial charge on any atom is -0.482 e. The largest absolute Gasteiger partial charge is 0.482 e. The first-order valence-corrected chi connectivity index (χ1v) is 9.01.